The van der Waals surface area contributed by atoms with Gasteiger partial charge in [0.05, 0.1) is 19.1 Å². The van der Waals surface area contributed by atoms with Crippen LogP contribution in [0.1, 0.15) is 30.9 Å². The van der Waals surface area contributed by atoms with Crippen LogP contribution in [0.2, 0.25) is 0 Å². The molecule has 3 aromatic rings. The number of benzene rings is 3. The molecule has 198 valence electrons. The summed E-state index contributed by atoms with van der Waals surface area (Å²) in [5.74, 6) is -0.340. The Morgan fingerprint density at radius 3 is 2.16 bits per heavy atom. The number of hydrogen-bond donors (Lipinski definition) is 0. The van der Waals surface area contributed by atoms with Crippen molar-refractivity contribution >= 4 is 29.3 Å². The first-order valence-electron chi connectivity index (χ1n) is 12.9. The van der Waals surface area contributed by atoms with E-state index in [1.54, 1.807) is 6.08 Å². The first-order chi connectivity index (χ1) is 18.3. The molecule has 4 rings (SSSR count). The largest absolute Gasteiger partial charge is 0.466 e. The van der Waals surface area contributed by atoms with E-state index in [1.807, 2.05) is 50.2 Å². The lowest BCUT2D eigenvalue weighted by molar-refractivity contribution is -0.135. The molecule has 38 heavy (non-hydrogen) atoms. The smallest absolute Gasteiger partial charge is 0.330 e. The van der Waals surface area contributed by atoms with Crippen molar-refractivity contribution in [2.75, 3.05) is 44.2 Å². The zero-order chi connectivity index (χ0) is 27.1. The number of anilines is 2. The third kappa shape index (κ3) is 6.50. The minimum atomic E-state index is -0.496. The number of ether oxygens (including phenoxy) is 2. The van der Waals surface area contributed by atoms with Gasteiger partial charge in [0.1, 0.15) is 0 Å². The van der Waals surface area contributed by atoms with Crippen molar-refractivity contribution in [1.82, 2.24) is 0 Å². The Balaban J connectivity index is 1.62. The third-order valence-corrected chi connectivity index (χ3v) is 7.16. The number of carbonyl (C=O) groups excluding carboxylic acids is 2. The predicted molar refractivity (Wildman–Crippen MR) is 153 cm³/mol. The van der Waals surface area contributed by atoms with Gasteiger partial charge >= 0.3 is 5.97 Å². The molecule has 1 aliphatic rings. The Labute approximate surface area is 225 Å². The van der Waals surface area contributed by atoms with Crippen LogP contribution in [0, 0.1) is 5.41 Å². The van der Waals surface area contributed by atoms with Crippen molar-refractivity contribution in [1.29, 1.82) is 0 Å². The zero-order valence-corrected chi connectivity index (χ0v) is 22.6. The predicted octanol–water partition coefficient (Wildman–Crippen LogP) is 5.96. The zero-order valence-electron chi connectivity index (χ0n) is 22.6. The highest BCUT2D eigenvalue weighted by Gasteiger charge is 2.38. The Kier molecular flexibility index (Phi) is 8.64. The maximum atomic E-state index is 14.0. The summed E-state index contributed by atoms with van der Waals surface area (Å²) in [5, 5.41) is 0. The number of nitrogens with zero attached hydrogens (tertiary/aromatic N) is 2. The third-order valence-electron chi connectivity index (χ3n) is 7.16. The Morgan fingerprint density at radius 2 is 1.55 bits per heavy atom. The highest BCUT2D eigenvalue weighted by Crippen LogP contribution is 2.35. The van der Waals surface area contributed by atoms with Crippen LogP contribution in [0.15, 0.2) is 78.9 Å². The lowest BCUT2D eigenvalue weighted by Crippen LogP contribution is -2.45. The maximum absolute atomic E-state index is 14.0. The minimum absolute atomic E-state index is 0.0817. The fraction of sp³-hybridized carbons (Fsp3) is 0.312. The number of amides is 1. The highest BCUT2D eigenvalue weighted by atomic mass is 16.5. The van der Waals surface area contributed by atoms with E-state index < -0.39 is 11.4 Å². The second-order valence-electron chi connectivity index (χ2n) is 10.2. The maximum Gasteiger partial charge on any atom is 0.330 e. The molecule has 0 aromatic heterocycles. The second kappa shape index (κ2) is 12.1. The van der Waals surface area contributed by atoms with Crippen LogP contribution in [0.4, 0.5) is 11.4 Å². The molecule has 0 saturated carbocycles. The van der Waals surface area contributed by atoms with E-state index in [1.165, 1.54) is 13.2 Å². The molecule has 0 unspecified atom stereocenters. The van der Waals surface area contributed by atoms with Crippen molar-refractivity contribution < 1.29 is 19.1 Å². The molecule has 1 aliphatic heterocycles. The average Bonchev–Trinajstić information content (AvgIpc) is 2.95. The van der Waals surface area contributed by atoms with Gasteiger partial charge in [-0.25, -0.2) is 4.79 Å². The standard InChI is InChI=1S/C32H36N2O4/c1-32(18-20-38-21-19-32)31(36)34(29-7-5-6-24(22-29)10-17-30(35)37-4)23-25-8-11-26(12-9-25)27-13-15-28(16-14-27)33(2)3/h5-17,22H,18-21,23H2,1-4H3/b17-10+. The van der Waals surface area contributed by atoms with Crippen molar-refractivity contribution in [2.24, 2.45) is 5.41 Å². The lowest BCUT2D eigenvalue weighted by Gasteiger charge is -2.37. The van der Waals surface area contributed by atoms with Gasteiger partial charge in [0.2, 0.25) is 5.91 Å². The van der Waals surface area contributed by atoms with Crippen LogP contribution in [0.3, 0.4) is 0 Å². The summed E-state index contributed by atoms with van der Waals surface area (Å²) < 4.78 is 10.3. The quantitative estimate of drug-likeness (QED) is 0.276. The molecule has 0 bridgehead atoms. The second-order valence-corrected chi connectivity index (χ2v) is 10.2. The summed E-state index contributed by atoms with van der Waals surface area (Å²) in [7, 11) is 5.41. The summed E-state index contributed by atoms with van der Waals surface area (Å²) in [6, 6.07) is 24.5. The topological polar surface area (TPSA) is 59.1 Å². The molecule has 0 atom stereocenters. The van der Waals surface area contributed by atoms with Crippen LogP contribution in [-0.2, 0) is 25.6 Å². The van der Waals surface area contributed by atoms with E-state index >= 15 is 0 Å². The summed E-state index contributed by atoms with van der Waals surface area (Å²) in [6.45, 7) is 3.64. The van der Waals surface area contributed by atoms with Gasteiger partial charge in [-0.1, -0.05) is 55.5 Å². The van der Waals surface area contributed by atoms with Gasteiger partial charge in [-0.15, -0.1) is 0 Å². The van der Waals surface area contributed by atoms with Crippen LogP contribution in [0.5, 0.6) is 0 Å². The number of rotatable bonds is 8. The summed E-state index contributed by atoms with van der Waals surface area (Å²) in [4.78, 5) is 29.5. The monoisotopic (exact) mass is 512 g/mol. The van der Waals surface area contributed by atoms with Gasteiger partial charge < -0.3 is 19.3 Å². The van der Waals surface area contributed by atoms with E-state index in [0.717, 1.165) is 33.6 Å². The molecule has 6 nitrogen and oxygen atoms in total. The molecular weight excluding hydrogens is 476 g/mol. The molecule has 1 heterocycles. The number of methoxy groups -OCH3 is 1. The van der Waals surface area contributed by atoms with Gasteiger partial charge in [0.25, 0.3) is 0 Å². The van der Waals surface area contributed by atoms with Gasteiger partial charge in [0.15, 0.2) is 0 Å². The normalized spacial score (nSPS) is 14.7. The van der Waals surface area contributed by atoms with Crippen LogP contribution in [-0.4, -0.2) is 46.3 Å². The van der Waals surface area contributed by atoms with Gasteiger partial charge in [-0.05, 0) is 65.4 Å². The van der Waals surface area contributed by atoms with Crippen molar-refractivity contribution in [3.8, 4) is 11.1 Å². The lowest BCUT2D eigenvalue weighted by atomic mass is 9.80. The molecule has 0 radical (unpaired) electrons. The number of carbonyl (C=O) groups is 2. The molecule has 1 fully saturated rings. The Hall–Kier alpha value is -3.90. The van der Waals surface area contributed by atoms with E-state index in [9.17, 15) is 9.59 Å². The number of esters is 1. The SMILES string of the molecule is COC(=O)/C=C/c1cccc(N(Cc2ccc(-c3ccc(N(C)C)cc3)cc2)C(=O)C2(C)CCOCC2)c1. The molecule has 0 spiro atoms. The van der Waals surface area contributed by atoms with Gasteiger partial charge in [-0.2, -0.15) is 0 Å². The number of hydrogen-bond acceptors (Lipinski definition) is 5. The fourth-order valence-corrected chi connectivity index (χ4v) is 4.61. The molecule has 0 aliphatic carbocycles. The minimum Gasteiger partial charge on any atom is -0.466 e. The molecular formula is C32H36N2O4. The van der Waals surface area contributed by atoms with E-state index in [0.29, 0.717) is 32.6 Å². The van der Waals surface area contributed by atoms with Crippen LogP contribution >= 0.6 is 0 Å². The van der Waals surface area contributed by atoms with Crippen LogP contribution in [0.25, 0.3) is 17.2 Å². The fourth-order valence-electron chi connectivity index (χ4n) is 4.61. The van der Waals surface area contributed by atoms with E-state index in [2.05, 4.69) is 53.4 Å². The summed E-state index contributed by atoms with van der Waals surface area (Å²) in [5.41, 5.74) is 5.59. The van der Waals surface area contributed by atoms with Crippen molar-refractivity contribution in [3.63, 3.8) is 0 Å². The Morgan fingerprint density at radius 1 is 0.921 bits per heavy atom. The van der Waals surface area contributed by atoms with E-state index in [-0.39, 0.29) is 5.91 Å². The highest BCUT2D eigenvalue weighted by molar-refractivity contribution is 5.98. The van der Waals surface area contributed by atoms with Gasteiger partial charge in [-0.3, -0.25) is 4.79 Å². The molecule has 1 saturated heterocycles. The summed E-state index contributed by atoms with van der Waals surface area (Å²) in [6.07, 6.45) is 4.46. The molecule has 3 aromatic carbocycles. The van der Waals surface area contributed by atoms with E-state index in [4.69, 9.17) is 9.47 Å². The van der Waals surface area contributed by atoms with Crippen LogP contribution < -0.4 is 9.80 Å². The molecule has 0 N–H and O–H groups in total. The van der Waals surface area contributed by atoms with Crippen molar-refractivity contribution in [2.45, 2.75) is 26.3 Å². The Bertz CT molecular complexity index is 1270. The summed E-state index contributed by atoms with van der Waals surface area (Å²) >= 11 is 0. The first kappa shape index (κ1) is 27.1. The molecule has 6 heteroatoms. The van der Waals surface area contributed by atoms with Crippen molar-refractivity contribution in [3.05, 3.63) is 90.0 Å². The molecule has 1 amide bonds. The first-order valence-corrected chi connectivity index (χ1v) is 12.9. The van der Waals surface area contributed by atoms with Gasteiger partial charge in [0, 0.05) is 44.8 Å². The average molecular weight is 513 g/mol.